The number of aromatic nitrogens is 3. The molecule has 2 aromatic heterocycles. The number of oxazole rings is 1. The minimum Gasteiger partial charge on any atom is -0.461 e. The average molecular weight is 293 g/mol. The normalized spacial score (nSPS) is 12.1. The van der Waals surface area contributed by atoms with Crippen molar-refractivity contribution in [3.8, 4) is 11.4 Å². The minimum absolute atomic E-state index is 0.306. The van der Waals surface area contributed by atoms with Crippen LogP contribution in [0, 0.1) is 12.8 Å². The minimum atomic E-state index is -0.438. The fraction of sp³-hybridized carbons (Fsp3) is 0.385. The molecule has 0 saturated carbocycles. The van der Waals surface area contributed by atoms with Gasteiger partial charge in [-0.05, 0) is 23.9 Å². The molecular weight excluding hydrogens is 278 g/mol. The van der Waals surface area contributed by atoms with Crippen LogP contribution in [-0.4, -0.2) is 27.1 Å². The van der Waals surface area contributed by atoms with Crippen molar-refractivity contribution >= 4 is 17.5 Å². The molecule has 0 aliphatic heterocycles. The number of ether oxygens (including phenoxy) is 1. The second kappa shape index (κ2) is 6.42. The number of allylic oxidation sites excluding steroid dienone is 1. The summed E-state index contributed by atoms with van der Waals surface area (Å²) in [7, 11) is 0. The van der Waals surface area contributed by atoms with Gasteiger partial charge in [0.25, 0.3) is 0 Å². The van der Waals surface area contributed by atoms with Gasteiger partial charge in [-0.1, -0.05) is 17.5 Å². The first-order chi connectivity index (χ1) is 9.61. The summed E-state index contributed by atoms with van der Waals surface area (Å²) in [5, 5.41) is 3.91. The summed E-state index contributed by atoms with van der Waals surface area (Å²) in [5.74, 6) is 0.374. The number of esters is 1. The largest absolute Gasteiger partial charge is 0.461 e. The van der Waals surface area contributed by atoms with E-state index in [-0.39, 0.29) is 0 Å². The molecule has 0 radical (unpaired) electrons. The number of rotatable bonds is 6. The van der Waals surface area contributed by atoms with E-state index >= 15 is 0 Å². The van der Waals surface area contributed by atoms with E-state index in [0.717, 1.165) is 18.0 Å². The average Bonchev–Trinajstić information content (AvgIpc) is 3.06. The Hall–Kier alpha value is -2.02. The molecule has 2 rings (SSSR count). The molecule has 1 unspecified atom stereocenters. The van der Waals surface area contributed by atoms with Gasteiger partial charge in [0.2, 0.25) is 0 Å². The predicted octanol–water partition coefficient (Wildman–Crippen LogP) is 2.87. The Labute approximate surface area is 120 Å². The summed E-state index contributed by atoms with van der Waals surface area (Å²) in [6, 6.07) is 0. The maximum atomic E-state index is 12.0. The topological polar surface area (TPSA) is 78.1 Å². The molecule has 6 nitrogen and oxygen atoms in total. The molecule has 2 aromatic rings. The Morgan fingerprint density at radius 3 is 3.10 bits per heavy atom. The number of hydrogen-bond acceptors (Lipinski definition) is 7. The summed E-state index contributed by atoms with van der Waals surface area (Å²) in [6.45, 7) is 7.75. The molecule has 0 fully saturated rings. The van der Waals surface area contributed by atoms with E-state index < -0.39 is 5.97 Å². The number of hydrogen-bond donors (Lipinski definition) is 0. The Kier molecular flexibility index (Phi) is 4.62. The molecule has 0 N–H and O–H groups in total. The summed E-state index contributed by atoms with van der Waals surface area (Å²) in [5.41, 5.74) is 0.885. The molecule has 0 aliphatic rings. The van der Waals surface area contributed by atoms with Crippen LogP contribution in [0.1, 0.15) is 28.9 Å². The first-order valence-corrected chi connectivity index (χ1v) is 6.93. The summed E-state index contributed by atoms with van der Waals surface area (Å²) < 4.78 is 14.1. The third-order valence-corrected chi connectivity index (χ3v) is 3.45. The first-order valence-electron chi connectivity index (χ1n) is 6.16. The van der Waals surface area contributed by atoms with Crippen molar-refractivity contribution < 1.29 is 13.9 Å². The Bertz CT molecular complexity index is 606. The van der Waals surface area contributed by atoms with Gasteiger partial charge in [0, 0.05) is 6.92 Å². The highest BCUT2D eigenvalue weighted by Crippen LogP contribution is 2.24. The van der Waals surface area contributed by atoms with E-state index in [0.29, 0.717) is 34.7 Å². The summed E-state index contributed by atoms with van der Waals surface area (Å²) in [6.07, 6.45) is 4.01. The van der Waals surface area contributed by atoms with Gasteiger partial charge in [-0.2, -0.15) is 0 Å². The fourth-order valence-corrected chi connectivity index (χ4v) is 2.05. The van der Waals surface area contributed by atoms with E-state index in [9.17, 15) is 4.79 Å². The molecule has 0 aromatic carbocycles. The molecule has 2 heterocycles. The SMILES string of the molecule is C=CC(C)CCOC(=O)c1snnc1-c1coc(C)n1. The van der Waals surface area contributed by atoms with Gasteiger partial charge in [0.15, 0.2) is 10.8 Å². The molecular formula is C13H15N3O3S. The second-order valence-corrected chi connectivity index (χ2v) is 5.09. The Balaban J connectivity index is 2.04. The zero-order valence-corrected chi connectivity index (χ0v) is 12.1. The molecule has 0 amide bonds. The van der Waals surface area contributed by atoms with Gasteiger partial charge in [0.05, 0.1) is 6.61 Å². The predicted molar refractivity (Wildman–Crippen MR) is 74.4 cm³/mol. The maximum absolute atomic E-state index is 12.0. The quantitative estimate of drug-likeness (QED) is 0.602. The van der Waals surface area contributed by atoms with Crippen LogP contribution in [0.4, 0.5) is 0 Å². The standard InChI is InChI=1S/C13H15N3O3S/c1-4-8(2)5-6-18-13(17)12-11(15-16-20-12)10-7-19-9(3)14-10/h4,7-8H,1,5-6H2,2-3H3. The van der Waals surface area contributed by atoms with E-state index in [2.05, 4.69) is 21.1 Å². The number of aryl methyl sites for hydroxylation is 1. The maximum Gasteiger partial charge on any atom is 0.352 e. The molecule has 0 aliphatic carbocycles. The van der Waals surface area contributed by atoms with E-state index in [4.69, 9.17) is 9.15 Å². The van der Waals surface area contributed by atoms with Crippen LogP contribution >= 0.6 is 11.5 Å². The number of carbonyl (C=O) groups excluding carboxylic acids is 1. The Morgan fingerprint density at radius 1 is 1.65 bits per heavy atom. The van der Waals surface area contributed by atoms with Crippen molar-refractivity contribution in [2.24, 2.45) is 5.92 Å². The van der Waals surface area contributed by atoms with Gasteiger partial charge >= 0.3 is 5.97 Å². The summed E-state index contributed by atoms with van der Waals surface area (Å²) >= 11 is 0.989. The van der Waals surface area contributed by atoms with Gasteiger partial charge in [-0.25, -0.2) is 9.78 Å². The molecule has 106 valence electrons. The van der Waals surface area contributed by atoms with Crippen LogP contribution in [-0.2, 0) is 4.74 Å². The zero-order chi connectivity index (χ0) is 14.5. The van der Waals surface area contributed by atoms with E-state index in [1.54, 1.807) is 6.92 Å². The van der Waals surface area contributed by atoms with Crippen molar-refractivity contribution in [3.05, 3.63) is 29.7 Å². The van der Waals surface area contributed by atoms with Crippen LogP contribution in [0.5, 0.6) is 0 Å². The van der Waals surface area contributed by atoms with Crippen molar-refractivity contribution in [1.29, 1.82) is 0 Å². The van der Waals surface area contributed by atoms with Gasteiger partial charge in [-0.3, -0.25) is 0 Å². The van der Waals surface area contributed by atoms with Crippen molar-refractivity contribution in [3.63, 3.8) is 0 Å². The van der Waals surface area contributed by atoms with Gasteiger partial charge in [0.1, 0.15) is 17.7 Å². The highest BCUT2D eigenvalue weighted by atomic mass is 32.1. The third kappa shape index (κ3) is 3.30. The molecule has 0 spiro atoms. The highest BCUT2D eigenvalue weighted by Gasteiger charge is 2.21. The molecule has 0 bridgehead atoms. The highest BCUT2D eigenvalue weighted by molar-refractivity contribution is 7.08. The van der Waals surface area contributed by atoms with Gasteiger partial charge in [-0.15, -0.1) is 11.7 Å². The first kappa shape index (κ1) is 14.4. The smallest absolute Gasteiger partial charge is 0.352 e. The Morgan fingerprint density at radius 2 is 2.45 bits per heavy atom. The van der Waals surface area contributed by atoms with Crippen molar-refractivity contribution in [1.82, 2.24) is 14.6 Å². The monoisotopic (exact) mass is 293 g/mol. The lowest BCUT2D eigenvalue weighted by Crippen LogP contribution is -2.08. The molecule has 0 saturated heterocycles. The molecule has 20 heavy (non-hydrogen) atoms. The number of nitrogens with zero attached hydrogens (tertiary/aromatic N) is 3. The van der Waals surface area contributed by atoms with Crippen LogP contribution in [0.15, 0.2) is 23.3 Å². The summed E-state index contributed by atoms with van der Waals surface area (Å²) in [4.78, 5) is 16.5. The van der Waals surface area contributed by atoms with E-state index in [1.807, 2.05) is 13.0 Å². The third-order valence-electron chi connectivity index (χ3n) is 2.74. The van der Waals surface area contributed by atoms with Crippen molar-refractivity contribution in [2.75, 3.05) is 6.61 Å². The number of carbonyl (C=O) groups is 1. The van der Waals surface area contributed by atoms with E-state index in [1.165, 1.54) is 6.26 Å². The van der Waals surface area contributed by atoms with Gasteiger partial charge < -0.3 is 9.15 Å². The van der Waals surface area contributed by atoms with Crippen LogP contribution in [0.3, 0.4) is 0 Å². The second-order valence-electron chi connectivity index (χ2n) is 4.34. The molecule has 1 atom stereocenters. The van der Waals surface area contributed by atoms with Crippen molar-refractivity contribution in [2.45, 2.75) is 20.3 Å². The van der Waals surface area contributed by atoms with Crippen LogP contribution in [0.2, 0.25) is 0 Å². The fourth-order valence-electron chi connectivity index (χ4n) is 1.49. The lowest BCUT2D eigenvalue weighted by atomic mass is 10.1. The lowest BCUT2D eigenvalue weighted by molar-refractivity contribution is 0.0498. The van der Waals surface area contributed by atoms with Crippen LogP contribution < -0.4 is 0 Å². The molecule has 7 heteroatoms. The lowest BCUT2D eigenvalue weighted by Gasteiger charge is -2.06. The zero-order valence-electron chi connectivity index (χ0n) is 11.3. The van der Waals surface area contributed by atoms with Crippen LogP contribution in [0.25, 0.3) is 11.4 Å².